The van der Waals surface area contributed by atoms with Gasteiger partial charge in [-0.15, -0.1) is 24.0 Å². The first-order valence-corrected chi connectivity index (χ1v) is 6.70. The minimum atomic E-state index is 0. The van der Waals surface area contributed by atoms with Crippen molar-refractivity contribution in [2.75, 3.05) is 48.5 Å². The molecule has 0 saturated carbocycles. The van der Waals surface area contributed by atoms with E-state index in [1.807, 2.05) is 62.3 Å². The lowest BCUT2D eigenvalue weighted by Crippen LogP contribution is -2.35. The van der Waals surface area contributed by atoms with Crippen molar-refractivity contribution in [1.82, 2.24) is 9.80 Å². The summed E-state index contributed by atoms with van der Waals surface area (Å²) in [5.74, 6) is 2.66. The van der Waals surface area contributed by atoms with Crippen molar-refractivity contribution in [3.8, 4) is 11.5 Å². The predicted molar refractivity (Wildman–Crippen MR) is 98.2 cm³/mol. The standard InChI is InChI=1S/C15H25N3O2.HI/c1-17(2)15(18(3)4)16-11-6-12-20-14-9-7-13(19-5)8-10-14;/h7-10H,6,11-12H2,1-5H3;1H. The summed E-state index contributed by atoms with van der Waals surface area (Å²) < 4.78 is 10.8. The summed E-state index contributed by atoms with van der Waals surface area (Å²) in [4.78, 5) is 8.56. The van der Waals surface area contributed by atoms with Crippen LogP contribution in [0.15, 0.2) is 29.3 Å². The number of benzene rings is 1. The highest BCUT2D eigenvalue weighted by molar-refractivity contribution is 14.0. The third-order valence-corrected chi connectivity index (χ3v) is 2.68. The van der Waals surface area contributed by atoms with E-state index in [1.54, 1.807) is 7.11 Å². The molecule has 0 bridgehead atoms. The summed E-state index contributed by atoms with van der Waals surface area (Å²) in [7, 11) is 9.62. The van der Waals surface area contributed by atoms with Gasteiger partial charge in [-0.3, -0.25) is 4.99 Å². The van der Waals surface area contributed by atoms with Gasteiger partial charge in [0.05, 0.1) is 13.7 Å². The van der Waals surface area contributed by atoms with E-state index in [4.69, 9.17) is 9.47 Å². The number of rotatable bonds is 6. The molecule has 0 aromatic heterocycles. The monoisotopic (exact) mass is 407 g/mol. The first kappa shape index (κ1) is 19.8. The number of guanidine groups is 1. The maximum atomic E-state index is 5.66. The molecule has 0 atom stereocenters. The van der Waals surface area contributed by atoms with Crippen LogP contribution in [0.5, 0.6) is 11.5 Å². The highest BCUT2D eigenvalue weighted by Crippen LogP contribution is 2.16. The van der Waals surface area contributed by atoms with Crippen LogP contribution in [0.2, 0.25) is 0 Å². The van der Waals surface area contributed by atoms with Crippen LogP contribution < -0.4 is 9.47 Å². The van der Waals surface area contributed by atoms with Crippen LogP contribution in [0.4, 0.5) is 0 Å². The summed E-state index contributed by atoms with van der Waals surface area (Å²) in [6.45, 7) is 1.41. The zero-order valence-corrected chi connectivity index (χ0v) is 15.8. The van der Waals surface area contributed by atoms with Gasteiger partial charge in [-0.2, -0.15) is 0 Å². The van der Waals surface area contributed by atoms with Gasteiger partial charge in [-0.1, -0.05) is 0 Å². The third kappa shape index (κ3) is 7.40. The molecule has 0 spiro atoms. The Labute approximate surface area is 145 Å². The van der Waals surface area contributed by atoms with Crippen LogP contribution >= 0.6 is 24.0 Å². The van der Waals surface area contributed by atoms with Crippen LogP contribution in [-0.4, -0.2) is 64.2 Å². The van der Waals surface area contributed by atoms with Gasteiger partial charge in [0.1, 0.15) is 11.5 Å². The van der Waals surface area contributed by atoms with Crippen molar-refractivity contribution in [1.29, 1.82) is 0 Å². The fourth-order valence-corrected chi connectivity index (χ4v) is 1.79. The van der Waals surface area contributed by atoms with Gasteiger partial charge < -0.3 is 19.3 Å². The summed E-state index contributed by atoms with van der Waals surface area (Å²) in [5.41, 5.74) is 0. The molecule has 0 N–H and O–H groups in total. The Bertz CT molecular complexity index is 409. The molecule has 21 heavy (non-hydrogen) atoms. The number of hydrogen-bond donors (Lipinski definition) is 0. The molecule has 0 heterocycles. The summed E-state index contributed by atoms with van der Waals surface area (Å²) in [6.07, 6.45) is 0.886. The molecule has 120 valence electrons. The van der Waals surface area contributed by atoms with E-state index in [1.165, 1.54) is 0 Å². The Kier molecular flexibility index (Phi) is 9.94. The van der Waals surface area contributed by atoms with E-state index in [0.29, 0.717) is 6.61 Å². The minimum Gasteiger partial charge on any atom is -0.497 e. The molecular weight excluding hydrogens is 381 g/mol. The van der Waals surface area contributed by atoms with Crippen LogP contribution in [-0.2, 0) is 0 Å². The molecule has 0 fully saturated rings. The zero-order chi connectivity index (χ0) is 15.0. The van der Waals surface area contributed by atoms with Crippen LogP contribution in [0.25, 0.3) is 0 Å². The smallest absolute Gasteiger partial charge is 0.195 e. The number of ether oxygens (including phenoxy) is 2. The molecule has 0 amide bonds. The first-order valence-electron chi connectivity index (χ1n) is 6.70. The van der Waals surface area contributed by atoms with E-state index in [2.05, 4.69) is 4.99 Å². The molecule has 0 aliphatic rings. The van der Waals surface area contributed by atoms with Crippen molar-refractivity contribution >= 4 is 29.9 Å². The Balaban J connectivity index is 0.00000400. The fraction of sp³-hybridized carbons (Fsp3) is 0.533. The van der Waals surface area contributed by atoms with Crippen molar-refractivity contribution in [2.45, 2.75) is 6.42 Å². The second kappa shape index (κ2) is 10.5. The van der Waals surface area contributed by atoms with E-state index < -0.39 is 0 Å². The lowest BCUT2D eigenvalue weighted by Gasteiger charge is -2.22. The molecule has 0 unspecified atom stereocenters. The average Bonchev–Trinajstić information content (AvgIpc) is 2.42. The summed E-state index contributed by atoms with van der Waals surface area (Å²) in [6, 6.07) is 7.60. The van der Waals surface area contributed by atoms with E-state index in [9.17, 15) is 0 Å². The van der Waals surface area contributed by atoms with Gasteiger partial charge in [0.15, 0.2) is 5.96 Å². The average molecular weight is 407 g/mol. The minimum absolute atomic E-state index is 0. The Morgan fingerprint density at radius 3 is 2.00 bits per heavy atom. The maximum absolute atomic E-state index is 5.66. The van der Waals surface area contributed by atoms with Crippen molar-refractivity contribution in [2.24, 2.45) is 4.99 Å². The quantitative estimate of drug-likeness (QED) is 0.315. The van der Waals surface area contributed by atoms with Crippen LogP contribution in [0.1, 0.15) is 6.42 Å². The van der Waals surface area contributed by atoms with Crippen LogP contribution in [0.3, 0.4) is 0 Å². The third-order valence-electron chi connectivity index (χ3n) is 2.68. The van der Waals surface area contributed by atoms with E-state index in [-0.39, 0.29) is 24.0 Å². The molecule has 1 aromatic carbocycles. The van der Waals surface area contributed by atoms with E-state index in [0.717, 1.165) is 30.4 Å². The normalized spacial score (nSPS) is 9.38. The molecule has 0 radical (unpaired) electrons. The molecule has 6 heteroatoms. The molecule has 1 rings (SSSR count). The molecule has 1 aromatic rings. The van der Waals surface area contributed by atoms with Crippen LogP contribution in [0, 0.1) is 0 Å². The summed E-state index contributed by atoms with van der Waals surface area (Å²) in [5, 5.41) is 0. The fourth-order valence-electron chi connectivity index (χ4n) is 1.79. The maximum Gasteiger partial charge on any atom is 0.195 e. The molecular formula is C15H26IN3O2. The lowest BCUT2D eigenvalue weighted by molar-refractivity contribution is 0.312. The van der Waals surface area contributed by atoms with Gasteiger partial charge in [0.2, 0.25) is 0 Å². The van der Waals surface area contributed by atoms with Gasteiger partial charge in [0, 0.05) is 41.2 Å². The SMILES string of the molecule is COc1ccc(OCCCN=C(N(C)C)N(C)C)cc1.I. The Hall–Kier alpha value is -1.18. The van der Waals surface area contributed by atoms with Crippen molar-refractivity contribution in [3.63, 3.8) is 0 Å². The summed E-state index contributed by atoms with van der Waals surface area (Å²) >= 11 is 0. The number of methoxy groups -OCH3 is 1. The molecule has 5 nitrogen and oxygen atoms in total. The number of halogens is 1. The van der Waals surface area contributed by atoms with Gasteiger partial charge in [-0.25, -0.2) is 0 Å². The predicted octanol–water partition coefficient (Wildman–Crippen LogP) is 2.56. The topological polar surface area (TPSA) is 37.3 Å². The second-order valence-corrected chi connectivity index (χ2v) is 4.85. The van der Waals surface area contributed by atoms with Gasteiger partial charge in [0.25, 0.3) is 0 Å². The molecule has 0 aliphatic carbocycles. The number of nitrogens with zero attached hydrogens (tertiary/aromatic N) is 3. The van der Waals surface area contributed by atoms with Gasteiger partial charge in [-0.05, 0) is 24.3 Å². The Morgan fingerprint density at radius 1 is 1.00 bits per heavy atom. The largest absolute Gasteiger partial charge is 0.497 e. The first-order chi connectivity index (χ1) is 9.54. The number of aliphatic imine (C=N–C) groups is 1. The van der Waals surface area contributed by atoms with E-state index >= 15 is 0 Å². The van der Waals surface area contributed by atoms with Gasteiger partial charge >= 0.3 is 0 Å². The molecule has 0 saturated heterocycles. The zero-order valence-electron chi connectivity index (χ0n) is 13.5. The number of hydrogen-bond acceptors (Lipinski definition) is 3. The van der Waals surface area contributed by atoms with Crippen molar-refractivity contribution < 1.29 is 9.47 Å². The second-order valence-electron chi connectivity index (χ2n) is 4.85. The highest BCUT2D eigenvalue weighted by Gasteiger charge is 2.03. The molecule has 0 aliphatic heterocycles. The van der Waals surface area contributed by atoms with Crippen molar-refractivity contribution in [3.05, 3.63) is 24.3 Å². The lowest BCUT2D eigenvalue weighted by atomic mass is 10.3. The Morgan fingerprint density at radius 2 is 1.52 bits per heavy atom. The highest BCUT2D eigenvalue weighted by atomic mass is 127.